The summed E-state index contributed by atoms with van der Waals surface area (Å²) in [4.78, 5) is 14.4. The van der Waals surface area contributed by atoms with Gasteiger partial charge in [0.1, 0.15) is 0 Å². The average molecular weight is 291 g/mol. The van der Waals surface area contributed by atoms with Gasteiger partial charge in [0.15, 0.2) is 0 Å². The summed E-state index contributed by atoms with van der Waals surface area (Å²) in [6.07, 6.45) is 7.09. The fourth-order valence-electron chi connectivity index (χ4n) is 3.61. The zero-order valence-electron chi connectivity index (χ0n) is 12.8. The lowest BCUT2D eigenvalue weighted by atomic mass is 9.99. The van der Waals surface area contributed by atoms with Crippen molar-refractivity contribution in [2.75, 3.05) is 32.1 Å². The molecule has 5 nitrogen and oxygen atoms in total. The zero-order chi connectivity index (χ0) is 14.7. The number of hydrogen-bond donors (Lipinski definition) is 1. The van der Waals surface area contributed by atoms with Crippen molar-refractivity contribution in [1.29, 1.82) is 0 Å². The number of anilines is 1. The van der Waals surface area contributed by atoms with Crippen molar-refractivity contribution in [2.24, 2.45) is 0 Å². The van der Waals surface area contributed by atoms with Gasteiger partial charge in [-0.05, 0) is 31.9 Å². The van der Waals surface area contributed by atoms with E-state index in [-0.39, 0.29) is 5.56 Å². The molecule has 116 valence electrons. The van der Waals surface area contributed by atoms with E-state index in [0.29, 0.717) is 25.2 Å². The minimum atomic E-state index is 0.0308. The normalized spacial score (nSPS) is 25.8. The van der Waals surface area contributed by atoms with Gasteiger partial charge >= 0.3 is 0 Å². The van der Waals surface area contributed by atoms with E-state index in [2.05, 4.69) is 10.2 Å². The second-order valence-electron chi connectivity index (χ2n) is 6.08. The molecule has 2 unspecified atom stereocenters. The number of nitrogens with zero attached hydrogens (tertiary/aromatic N) is 2. The first-order chi connectivity index (χ1) is 10.3. The molecule has 2 saturated heterocycles. The van der Waals surface area contributed by atoms with Gasteiger partial charge < -0.3 is 14.6 Å². The number of pyridine rings is 1. The third kappa shape index (κ3) is 3.30. The molecule has 1 aromatic heterocycles. The fourth-order valence-corrected chi connectivity index (χ4v) is 3.61. The molecule has 3 heterocycles. The summed E-state index contributed by atoms with van der Waals surface area (Å²) in [6, 6.07) is 4.72. The van der Waals surface area contributed by atoms with Crippen LogP contribution in [0.5, 0.6) is 0 Å². The molecule has 21 heavy (non-hydrogen) atoms. The van der Waals surface area contributed by atoms with Crippen LogP contribution in [0.3, 0.4) is 0 Å². The van der Waals surface area contributed by atoms with E-state index in [1.165, 1.54) is 38.8 Å². The van der Waals surface area contributed by atoms with Crippen molar-refractivity contribution in [3.05, 3.63) is 28.7 Å². The number of hydrogen-bond acceptors (Lipinski definition) is 4. The van der Waals surface area contributed by atoms with Crippen LogP contribution >= 0.6 is 0 Å². The smallest absolute Gasteiger partial charge is 0.250 e. The Morgan fingerprint density at radius 1 is 1.29 bits per heavy atom. The minimum absolute atomic E-state index is 0.0308. The van der Waals surface area contributed by atoms with Gasteiger partial charge in [0.2, 0.25) is 0 Å². The lowest BCUT2D eigenvalue weighted by Crippen LogP contribution is -2.41. The molecule has 0 amide bonds. The lowest BCUT2D eigenvalue weighted by molar-refractivity contribution is 0.186. The molecule has 0 saturated carbocycles. The maximum Gasteiger partial charge on any atom is 0.250 e. The molecule has 0 spiro atoms. The molecule has 0 aromatic carbocycles. The summed E-state index contributed by atoms with van der Waals surface area (Å²) in [7, 11) is 1.66. The van der Waals surface area contributed by atoms with Gasteiger partial charge in [0.05, 0.1) is 12.3 Å². The van der Waals surface area contributed by atoms with Crippen molar-refractivity contribution in [1.82, 2.24) is 9.47 Å². The van der Waals surface area contributed by atoms with Gasteiger partial charge in [0.25, 0.3) is 5.56 Å². The molecule has 2 fully saturated rings. The molecule has 2 atom stereocenters. The number of fused-ring (bicyclic) bond motifs is 1. The molecule has 5 heteroatoms. The number of nitrogens with one attached hydrogen (secondary N) is 1. The van der Waals surface area contributed by atoms with Crippen LogP contribution in [0.15, 0.2) is 23.1 Å². The van der Waals surface area contributed by atoms with Gasteiger partial charge in [-0.15, -0.1) is 0 Å². The Morgan fingerprint density at radius 3 is 3.05 bits per heavy atom. The zero-order valence-corrected chi connectivity index (χ0v) is 12.8. The molecule has 1 aromatic rings. The van der Waals surface area contributed by atoms with Crippen LogP contribution in [0, 0.1) is 0 Å². The topological polar surface area (TPSA) is 46.5 Å². The average Bonchev–Trinajstić information content (AvgIpc) is 2.91. The monoisotopic (exact) mass is 291 g/mol. The van der Waals surface area contributed by atoms with E-state index >= 15 is 0 Å². The van der Waals surface area contributed by atoms with E-state index in [9.17, 15) is 4.79 Å². The summed E-state index contributed by atoms with van der Waals surface area (Å²) >= 11 is 0. The highest BCUT2D eigenvalue weighted by Crippen LogP contribution is 2.29. The van der Waals surface area contributed by atoms with Gasteiger partial charge in [-0.3, -0.25) is 9.69 Å². The predicted molar refractivity (Wildman–Crippen MR) is 83.8 cm³/mol. The van der Waals surface area contributed by atoms with Crippen molar-refractivity contribution < 1.29 is 4.74 Å². The number of rotatable bonds is 5. The van der Waals surface area contributed by atoms with Crippen LogP contribution in [-0.4, -0.2) is 48.4 Å². The van der Waals surface area contributed by atoms with E-state index < -0.39 is 0 Å². The fraction of sp³-hybridized carbons (Fsp3) is 0.688. The standard InChI is InChI=1S/C16H25N3O2/c1-21-11-10-19-12-13(5-6-16(19)20)17-14-7-9-18-8-3-2-4-15(14)18/h5-6,12,14-15,17H,2-4,7-11H2,1H3. The highest BCUT2D eigenvalue weighted by Gasteiger charge is 2.35. The summed E-state index contributed by atoms with van der Waals surface area (Å²) < 4.78 is 6.78. The Hall–Kier alpha value is -1.33. The molecule has 0 bridgehead atoms. The van der Waals surface area contributed by atoms with Gasteiger partial charge in [-0.1, -0.05) is 6.42 Å². The van der Waals surface area contributed by atoms with Crippen LogP contribution < -0.4 is 10.9 Å². The van der Waals surface area contributed by atoms with Crippen LogP contribution in [0.25, 0.3) is 0 Å². The number of piperidine rings is 1. The van der Waals surface area contributed by atoms with Gasteiger partial charge in [-0.2, -0.15) is 0 Å². The second kappa shape index (κ2) is 6.62. The van der Waals surface area contributed by atoms with E-state index in [1.807, 2.05) is 12.3 Å². The van der Waals surface area contributed by atoms with Crippen molar-refractivity contribution >= 4 is 5.69 Å². The number of methoxy groups -OCH3 is 1. The van der Waals surface area contributed by atoms with Crippen LogP contribution in [-0.2, 0) is 11.3 Å². The summed E-state index contributed by atoms with van der Waals surface area (Å²) in [5.74, 6) is 0. The molecule has 2 aliphatic heterocycles. The maximum absolute atomic E-state index is 11.8. The van der Waals surface area contributed by atoms with E-state index in [0.717, 1.165) is 5.69 Å². The van der Waals surface area contributed by atoms with Gasteiger partial charge in [0, 0.05) is 44.5 Å². The van der Waals surface area contributed by atoms with Crippen LogP contribution in [0.1, 0.15) is 25.7 Å². The second-order valence-corrected chi connectivity index (χ2v) is 6.08. The largest absolute Gasteiger partial charge is 0.383 e. The predicted octanol–water partition coefficient (Wildman–Crippen LogP) is 1.53. The molecule has 1 N–H and O–H groups in total. The molecular formula is C16H25N3O2. The van der Waals surface area contributed by atoms with Crippen molar-refractivity contribution in [2.45, 2.75) is 44.3 Å². The highest BCUT2D eigenvalue weighted by molar-refractivity contribution is 5.42. The van der Waals surface area contributed by atoms with Crippen LogP contribution in [0.4, 0.5) is 5.69 Å². The third-order valence-corrected chi connectivity index (χ3v) is 4.73. The Bertz CT molecular complexity index is 528. The summed E-state index contributed by atoms with van der Waals surface area (Å²) in [5, 5.41) is 3.64. The number of ether oxygens (including phenoxy) is 1. The lowest BCUT2D eigenvalue weighted by Gasteiger charge is -2.33. The Kier molecular flexibility index (Phi) is 4.60. The highest BCUT2D eigenvalue weighted by atomic mass is 16.5. The summed E-state index contributed by atoms with van der Waals surface area (Å²) in [5.41, 5.74) is 1.08. The first kappa shape index (κ1) is 14.6. The van der Waals surface area contributed by atoms with E-state index in [1.54, 1.807) is 17.7 Å². The molecule has 0 radical (unpaired) electrons. The molecule has 3 rings (SSSR count). The quantitative estimate of drug-likeness (QED) is 0.894. The van der Waals surface area contributed by atoms with Gasteiger partial charge in [-0.25, -0.2) is 0 Å². The molecular weight excluding hydrogens is 266 g/mol. The Balaban J connectivity index is 1.68. The summed E-state index contributed by atoms with van der Waals surface area (Å²) in [6.45, 7) is 3.61. The third-order valence-electron chi connectivity index (χ3n) is 4.73. The molecule has 0 aliphatic carbocycles. The van der Waals surface area contributed by atoms with Crippen molar-refractivity contribution in [3.8, 4) is 0 Å². The Labute approximate surface area is 125 Å². The van der Waals surface area contributed by atoms with Crippen LogP contribution in [0.2, 0.25) is 0 Å². The molecule has 2 aliphatic rings. The first-order valence-corrected chi connectivity index (χ1v) is 7.98. The maximum atomic E-state index is 11.8. The van der Waals surface area contributed by atoms with E-state index in [4.69, 9.17) is 4.74 Å². The number of aromatic nitrogens is 1. The minimum Gasteiger partial charge on any atom is -0.383 e. The Morgan fingerprint density at radius 2 is 2.19 bits per heavy atom. The van der Waals surface area contributed by atoms with Crippen molar-refractivity contribution in [3.63, 3.8) is 0 Å². The first-order valence-electron chi connectivity index (χ1n) is 7.98. The SMILES string of the molecule is COCCn1cc(NC2CCN3CCCCC23)ccc1=O.